The van der Waals surface area contributed by atoms with Gasteiger partial charge in [-0.3, -0.25) is 9.55 Å². The van der Waals surface area contributed by atoms with E-state index in [0.29, 0.717) is 11.4 Å². The second kappa shape index (κ2) is 17.2. The van der Waals surface area contributed by atoms with E-state index < -0.39 is 5.89 Å². The Bertz CT molecular complexity index is 2990. The van der Waals surface area contributed by atoms with E-state index in [1.54, 1.807) is 0 Å². The summed E-state index contributed by atoms with van der Waals surface area (Å²) in [6, 6.07) is 48.6. The number of benzene rings is 6. The number of phenols is 1. The molecule has 1 N–H and O–H groups in total. The molecule has 0 aliphatic heterocycles. The van der Waals surface area contributed by atoms with Gasteiger partial charge in [0, 0.05) is 45.5 Å². The number of hydrogen-bond acceptors (Lipinski definition) is 3. The van der Waals surface area contributed by atoms with Gasteiger partial charge in [-0.1, -0.05) is 178 Å². The van der Waals surface area contributed by atoms with Gasteiger partial charge in [-0.2, -0.15) is 0 Å². The number of pyridine rings is 1. The van der Waals surface area contributed by atoms with Crippen LogP contribution in [-0.4, -0.2) is 19.6 Å². The molecule has 8 aromatic rings. The van der Waals surface area contributed by atoms with Crippen molar-refractivity contribution in [3.8, 4) is 67.5 Å². The third-order valence-corrected chi connectivity index (χ3v) is 12.0. The Morgan fingerprint density at radius 3 is 1.94 bits per heavy atom. The van der Waals surface area contributed by atoms with Crippen LogP contribution in [0.5, 0.6) is 5.75 Å². The molecule has 0 saturated carbocycles. The zero-order chi connectivity index (χ0) is 45.2. The molecule has 0 radical (unpaired) electrons. The van der Waals surface area contributed by atoms with E-state index in [4.69, 9.17) is 11.3 Å². The van der Waals surface area contributed by atoms with Gasteiger partial charge in [0.15, 0.2) is 0 Å². The maximum atomic E-state index is 12.4. The molecule has 5 heteroatoms. The predicted molar refractivity (Wildman–Crippen MR) is 261 cm³/mol. The fourth-order valence-corrected chi connectivity index (χ4v) is 8.28. The topological polar surface area (TPSA) is 50.9 Å². The van der Waals surface area contributed by atoms with Crippen molar-refractivity contribution in [3.63, 3.8) is 0 Å². The second-order valence-electron chi connectivity index (χ2n) is 20.2. The average molecular weight is 1010 g/mol. The SMILES string of the molecule is [2H]C(C)(C)c1ccc(-c2ccnc(-c3[c-]c(-c4cccc5c4nc(-c4cc(C(C)(C)C)cc(C(C)(C)C)c4O)n5-c4ccc(C)cc4-c4ccccc4)cc(C(C)(C)C)c3)c2)cc1.[Pt]. The summed E-state index contributed by atoms with van der Waals surface area (Å²) in [5, 5.41) is 12.4. The number of nitrogens with zero attached hydrogens (tertiary/aromatic N) is 3. The number of aromatic hydroxyl groups is 1. The van der Waals surface area contributed by atoms with Crippen LogP contribution in [0.15, 0.2) is 134 Å². The van der Waals surface area contributed by atoms with Gasteiger partial charge in [-0.05, 0) is 87.2 Å². The van der Waals surface area contributed by atoms with Crippen LogP contribution < -0.4 is 0 Å². The second-order valence-corrected chi connectivity index (χ2v) is 20.2. The predicted octanol–water partition coefficient (Wildman–Crippen LogP) is 15.6. The van der Waals surface area contributed by atoms with Crippen LogP contribution in [-0.2, 0) is 37.3 Å². The van der Waals surface area contributed by atoms with Crippen LogP contribution in [0.2, 0.25) is 0 Å². The van der Waals surface area contributed by atoms with Gasteiger partial charge in [0.05, 0.1) is 22.3 Å². The van der Waals surface area contributed by atoms with Crippen molar-refractivity contribution in [2.24, 2.45) is 0 Å². The van der Waals surface area contributed by atoms with E-state index in [1.165, 1.54) is 0 Å². The summed E-state index contributed by atoms with van der Waals surface area (Å²) >= 11 is 0. The van der Waals surface area contributed by atoms with Crippen molar-refractivity contribution in [1.82, 2.24) is 14.5 Å². The number of hydrogen-bond donors (Lipinski definition) is 1. The third kappa shape index (κ3) is 9.11. The minimum absolute atomic E-state index is 0. The number of para-hydroxylation sites is 1. The first-order valence-electron chi connectivity index (χ1n) is 22.3. The van der Waals surface area contributed by atoms with E-state index in [1.807, 2.05) is 44.3 Å². The monoisotopic (exact) mass is 1010 g/mol. The molecular formula is C58H60N3OPt-. The molecule has 0 saturated heterocycles. The van der Waals surface area contributed by atoms with Crippen LogP contribution in [0.1, 0.15) is 111 Å². The standard InChI is InChI=1S/C58H60N3O.Pt/c1-36(2)38-22-24-39(25-23-38)41-27-28-59-50(33-41)43-30-42(31-44(32-43)56(4,5)6)46-19-16-20-52-53(46)60-55(48-34-45(57(7,8)9)35-49(54(48)62)58(10,11)12)61(52)51-26-21-37(3)29-47(51)40-17-14-13-15-18-40;/h13-29,31-36,62H,1-12H3;/q-1;/i36D;. The van der Waals surface area contributed by atoms with Crippen LogP contribution in [0, 0.1) is 13.0 Å². The van der Waals surface area contributed by atoms with Crippen LogP contribution >= 0.6 is 0 Å². The van der Waals surface area contributed by atoms with Gasteiger partial charge in [0.2, 0.25) is 0 Å². The smallest absolute Gasteiger partial charge is 0.148 e. The molecule has 0 atom stereocenters. The molecule has 63 heavy (non-hydrogen) atoms. The number of aryl methyl sites for hydroxylation is 1. The van der Waals surface area contributed by atoms with Crippen LogP contribution in [0.4, 0.5) is 0 Å². The number of fused-ring (bicyclic) bond motifs is 1. The van der Waals surface area contributed by atoms with Crippen LogP contribution in [0.25, 0.3) is 72.7 Å². The summed E-state index contributed by atoms with van der Waals surface area (Å²) in [7, 11) is 0. The Hall–Kier alpha value is -5.57. The molecule has 0 fully saturated rings. The Labute approximate surface area is 391 Å². The summed E-state index contributed by atoms with van der Waals surface area (Å²) in [5.74, 6) is 0.250. The first kappa shape index (κ1) is 44.1. The van der Waals surface area contributed by atoms with E-state index in [0.717, 1.165) is 89.2 Å². The van der Waals surface area contributed by atoms with Crippen molar-refractivity contribution in [3.05, 3.63) is 167 Å². The average Bonchev–Trinajstić information content (AvgIpc) is 3.62. The minimum Gasteiger partial charge on any atom is -0.507 e. The maximum absolute atomic E-state index is 12.4. The Kier molecular flexibility index (Phi) is 12.0. The van der Waals surface area contributed by atoms with Crippen molar-refractivity contribution in [1.29, 1.82) is 0 Å². The fourth-order valence-electron chi connectivity index (χ4n) is 8.28. The number of aromatic nitrogens is 3. The molecule has 2 aromatic heterocycles. The number of imidazole rings is 1. The zero-order valence-electron chi connectivity index (χ0n) is 39.8. The van der Waals surface area contributed by atoms with Gasteiger partial charge in [-0.25, -0.2) is 4.98 Å². The minimum atomic E-state index is -0.670. The van der Waals surface area contributed by atoms with Crippen molar-refractivity contribution < 1.29 is 27.5 Å². The Morgan fingerprint density at radius 2 is 1.29 bits per heavy atom. The molecule has 0 amide bonds. The molecule has 0 unspecified atom stereocenters. The maximum Gasteiger partial charge on any atom is 0.148 e. The summed E-state index contributed by atoms with van der Waals surface area (Å²) < 4.78 is 10.8. The molecule has 0 aliphatic carbocycles. The molecule has 6 aromatic carbocycles. The number of rotatable bonds is 7. The molecule has 0 aliphatic rings. The summed E-state index contributed by atoms with van der Waals surface area (Å²) in [5.41, 5.74) is 15.9. The normalized spacial score (nSPS) is 12.6. The van der Waals surface area contributed by atoms with Crippen LogP contribution in [0.3, 0.4) is 0 Å². The Balaban J connectivity index is 0.00000612. The third-order valence-electron chi connectivity index (χ3n) is 12.0. The largest absolute Gasteiger partial charge is 0.507 e. The molecule has 0 spiro atoms. The van der Waals surface area contributed by atoms with E-state index in [9.17, 15) is 5.11 Å². The molecule has 324 valence electrons. The van der Waals surface area contributed by atoms with Crippen molar-refractivity contribution >= 4 is 11.0 Å². The van der Waals surface area contributed by atoms with E-state index in [2.05, 4.69) is 183 Å². The quantitative estimate of drug-likeness (QED) is 0.162. The molecule has 4 nitrogen and oxygen atoms in total. The van der Waals surface area contributed by atoms with Gasteiger partial charge in [0.25, 0.3) is 0 Å². The fraction of sp³-hybridized carbons (Fsp3) is 0.276. The van der Waals surface area contributed by atoms with E-state index >= 15 is 0 Å². The molecule has 0 bridgehead atoms. The molecule has 8 rings (SSSR count). The Morgan fingerprint density at radius 1 is 0.619 bits per heavy atom. The first-order chi connectivity index (χ1) is 29.6. The molecular weight excluding hydrogens is 950 g/mol. The van der Waals surface area contributed by atoms with E-state index in [-0.39, 0.29) is 43.1 Å². The van der Waals surface area contributed by atoms with Gasteiger partial charge >= 0.3 is 0 Å². The summed E-state index contributed by atoms with van der Waals surface area (Å²) in [6.45, 7) is 25.8. The first-order valence-corrected chi connectivity index (χ1v) is 21.8. The number of phenolic OH excluding ortho intramolecular Hbond substituents is 1. The van der Waals surface area contributed by atoms with Crippen molar-refractivity contribution in [2.75, 3.05) is 0 Å². The van der Waals surface area contributed by atoms with Crippen molar-refractivity contribution in [2.45, 2.75) is 105 Å². The summed E-state index contributed by atoms with van der Waals surface area (Å²) in [4.78, 5) is 10.5. The van der Waals surface area contributed by atoms with Gasteiger partial charge in [0.1, 0.15) is 11.6 Å². The van der Waals surface area contributed by atoms with Gasteiger partial charge in [-0.15, -0.1) is 29.3 Å². The molecule has 2 heterocycles. The summed E-state index contributed by atoms with van der Waals surface area (Å²) in [6.07, 6.45) is 1.87. The zero-order valence-corrected chi connectivity index (χ0v) is 41.1. The van der Waals surface area contributed by atoms with Gasteiger partial charge < -0.3 is 5.11 Å².